The number of aromatic nitrogens is 1. The van der Waals surface area contributed by atoms with Gasteiger partial charge in [-0.15, -0.1) is 11.3 Å². The van der Waals surface area contributed by atoms with Gasteiger partial charge in [-0.2, -0.15) is 0 Å². The molecule has 0 fully saturated rings. The monoisotopic (exact) mass is 293 g/mol. The smallest absolute Gasteiger partial charge is 0.313 e. The zero-order valence-corrected chi connectivity index (χ0v) is 12.5. The lowest BCUT2D eigenvalue weighted by Crippen LogP contribution is -2.16. The Morgan fingerprint density at radius 2 is 2.16 bits per heavy atom. The highest BCUT2D eigenvalue weighted by molar-refractivity contribution is 8.01. The number of hydrogen-bond acceptors (Lipinski definition) is 5. The molecule has 0 radical (unpaired) electrons. The van der Waals surface area contributed by atoms with E-state index in [-0.39, 0.29) is 11.9 Å². The summed E-state index contributed by atoms with van der Waals surface area (Å²) in [7, 11) is 1.43. The van der Waals surface area contributed by atoms with Crippen molar-refractivity contribution in [1.29, 1.82) is 0 Å². The molecule has 100 valence electrons. The number of methoxy groups -OCH3 is 1. The van der Waals surface area contributed by atoms with Gasteiger partial charge in [0.05, 0.1) is 13.0 Å². The fourth-order valence-corrected chi connectivity index (χ4v) is 3.67. The highest BCUT2D eigenvalue weighted by Gasteiger charge is 2.21. The van der Waals surface area contributed by atoms with Gasteiger partial charge in [-0.1, -0.05) is 42.1 Å². The minimum absolute atomic E-state index is 0.202. The summed E-state index contributed by atoms with van der Waals surface area (Å²) in [4.78, 5) is 16.3. The van der Waals surface area contributed by atoms with E-state index in [4.69, 9.17) is 4.74 Å². The molecule has 1 atom stereocenters. The Hall–Kier alpha value is -1.33. The Bertz CT molecular complexity index is 539. The van der Waals surface area contributed by atoms with Crippen molar-refractivity contribution in [2.45, 2.75) is 17.2 Å². The van der Waals surface area contributed by atoms with E-state index < -0.39 is 0 Å². The SMILES string of the molecule is COC(=O)C(CSc1nc(C)cs1)c1ccccc1. The molecule has 1 aromatic heterocycles. The normalized spacial score (nSPS) is 12.1. The first-order valence-corrected chi connectivity index (χ1v) is 7.75. The van der Waals surface area contributed by atoms with Crippen LogP contribution in [0.15, 0.2) is 40.1 Å². The Morgan fingerprint density at radius 1 is 1.42 bits per heavy atom. The van der Waals surface area contributed by atoms with Crippen molar-refractivity contribution in [2.75, 3.05) is 12.9 Å². The maximum Gasteiger partial charge on any atom is 0.313 e. The Balaban J connectivity index is 2.09. The van der Waals surface area contributed by atoms with Crippen molar-refractivity contribution in [3.63, 3.8) is 0 Å². The van der Waals surface area contributed by atoms with Gasteiger partial charge in [-0.25, -0.2) is 4.98 Å². The topological polar surface area (TPSA) is 39.2 Å². The van der Waals surface area contributed by atoms with E-state index in [9.17, 15) is 4.79 Å². The average molecular weight is 293 g/mol. The van der Waals surface area contributed by atoms with Crippen molar-refractivity contribution >= 4 is 29.1 Å². The number of nitrogens with zero attached hydrogens (tertiary/aromatic N) is 1. The highest BCUT2D eigenvalue weighted by Crippen LogP contribution is 2.29. The van der Waals surface area contributed by atoms with E-state index in [1.807, 2.05) is 42.6 Å². The number of thiazole rings is 1. The molecular weight excluding hydrogens is 278 g/mol. The Labute approximate surface area is 121 Å². The first-order valence-electron chi connectivity index (χ1n) is 5.88. The van der Waals surface area contributed by atoms with E-state index in [2.05, 4.69) is 4.98 Å². The number of aryl methyl sites for hydroxylation is 1. The molecule has 0 aliphatic rings. The molecule has 1 heterocycles. The fourth-order valence-electron chi connectivity index (χ4n) is 1.68. The van der Waals surface area contributed by atoms with Gasteiger partial charge in [0.2, 0.25) is 0 Å². The minimum atomic E-state index is -0.250. The second-order valence-corrected chi connectivity index (χ2v) is 6.18. The van der Waals surface area contributed by atoms with Crippen LogP contribution in [0.2, 0.25) is 0 Å². The highest BCUT2D eigenvalue weighted by atomic mass is 32.2. The predicted octanol–water partition coefficient (Wildman–Crippen LogP) is 3.50. The molecular formula is C14H15NO2S2. The predicted molar refractivity (Wildman–Crippen MR) is 78.8 cm³/mol. The minimum Gasteiger partial charge on any atom is -0.469 e. The third-order valence-electron chi connectivity index (χ3n) is 2.66. The van der Waals surface area contributed by atoms with Gasteiger partial charge < -0.3 is 4.74 Å². The van der Waals surface area contributed by atoms with Crippen LogP contribution in [0.5, 0.6) is 0 Å². The molecule has 0 spiro atoms. The third-order valence-corrected chi connectivity index (χ3v) is 4.89. The standard InChI is InChI=1S/C14H15NO2S2/c1-10-8-18-14(15-10)19-9-12(13(16)17-2)11-6-4-3-5-7-11/h3-8,12H,9H2,1-2H3. The second-order valence-electron chi connectivity index (χ2n) is 4.05. The van der Waals surface area contributed by atoms with Crippen LogP contribution in [0.4, 0.5) is 0 Å². The number of carbonyl (C=O) groups excluding carboxylic acids is 1. The second kappa shape index (κ2) is 6.73. The maximum atomic E-state index is 11.9. The van der Waals surface area contributed by atoms with Crippen molar-refractivity contribution in [2.24, 2.45) is 0 Å². The molecule has 0 aliphatic carbocycles. The quantitative estimate of drug-likeness (QED) is 0.625. The molecule has 2 aromatic rings. The van der Waals surface area contributed by atoms with Gasteiger partial charge in [0, 0.05) is 16.8 Å². The summed E-state index contributed by atoms with van der Waals surface area (Å²) in [5.74, 6) is 0.191. The van der Waals surface area contributed by atoms with Gasteiger partial charge in [0.25, 0.3) is 0 Å². The number of benzene rings is 1. The summed E-state index contributed by atoms with van der Waals surface area (Å²) in [6.45, 7) is 1.97. The average Bonchev–Trinajstić information content (AvgIpc) is 2.85. The molecule has 0 bridgehead atoms. The first-order chi connectivity index (χ1) is 9.20. The molecule has 5 heteroatoms. The lowest BCUT2D eigenvalue weighted by Gasteiger charge is -2.13. The number of thioether (sulfide) groups is 1. The summed E-state index contributed by atoms with van der Waals surface area (Å²) in [5.41, 5.74) is 2.00. The number of rotatable bonds is 5. The molecule has 1 aromatic carbocycles. The molecule has 3 nitrogen and oxygen atoms in total. The summed E-state index contributed by atoms with van der Waals surface area (Å²) >= 11 is 3.20. The van der Waals surface area contributed by atoms with Crippen LogP contribution in [0, 0.1) is 6.92 Å². The van der Waals surface area contributed by atoms with Crippen molar-refractivity contribution in [3.05, 3.63) is 47.0 Å². The Kier molecular flexibility index (Phi) is 4.99. The lowest BCUT2D eigenvalue weighted by atomic mass is 10.0. The number of ether oxygens (including phenoxy) is 1. The summed E-state index contributed by atoms with van der Waals surface area (Å²) < 4.78 is 5.88. The maximum absolute atomic E-state index is 11.9. The van der Waals surface area contributed by atoms with E-state index >= 15 is 0 Å². The molecule has 19 heavy (non-hydrogen) atoms. The molecule has 0 saturated carbocycles. The molecule has 0 saturated heterocycles. The van der Waals surface area contributed by atoms with Crippen LogP contribution in [-0.2, 0) is 9.53 Å². The van der Waals surface area contributed by atoms with E-state index in [0.717, 1.165) is 15.6 Å². The molecule has 0 amide bonds. The number of esters is 1. The summed E-state index contributed by atoms with van der Waals surface area (Å²) in [6.07, 6.45) is 0. The zero-order valence-electron chi connectivity index (χ0n) is 10.8. The van der Waals surface area contributed by atoms with Crippen molar-refractivity contribution in [3.8, 4) is 0 Å². The van der Waals surface area contributed by atoms with Gasteiger partial charge in [-0.3, -0.25) is 4.79 Å². The van der Waals surface area contributed by atoms with Crippen LogP contribution < -0.4 is 0 Å². The summed E-state index contributed by atoms with van der Waals surface area (Å²) in [6, 6.07) is 9.71. The van der Waals surface area contributed by atoms with E-state index in [1.165, 1.54) is 7.11 Å². The third kappa shape index (κ3) is 3.81. The zero-order chi connectivity index (χ0) is 13.7. The van der Waals surface area contributed by atoms with Crippen LogP contribution in [0.1, 0.15) is 17.2 Å². The van der Waals surface area contributed by atoms with Crippen LogP contribution >= 0.6 is 23.1 Å². The lowest BCUT2D eigenvalue weighted by molar-refractivity contribution is -0.141. The van der Waals surface area contributed by atoms with Crippen LogP contribution in [-0.4, -0.2) is 23.8 Å². The molecule has 0 N–H and O–H groups in total. The first kappa shape index (κ1) is 14.1. The van der Waals surface area contributed by atoms with Crippen molar-refractivity contribution in [1.82, 2.24) is 4.98 Å². The van der Waals surface area contributed by atoms with Crippen LogP contribution in [0.3, 0.4) is 0 Å². The molecule has 1 unspecified atom stereocenters. The molecule has 2 rings (SSSR count). The number of carbonyl (C=O) groups is 1. The van der Waals surface area contributed by atoms with Gasteiger partial charge in [0.1, 0.15) is 4.34 Å². The Morgan fingerprint density at radius 3 is 2.74 bits per heavy atom. The molecule has 0 aliphatic heterocycles. The van der Waals surface area contributed by atoms with Crippen molar-refractivity contribution < 1.29 is 9.53 Å². The van der Waals surface area contributed by atoms with Gasteiger partial charge >= 0.3 is 5.97 Å². The van der Waals surface area contributed by atoms with Gasteiger partial charge in [0.15, 0.2) is 0 Å². The van der Waals surface area contributed by atoms with E-state index in [0.29, 0.717) is 5.75 Å². The summed E-state index contributed by atoms with van der Waals surface area (Å²) in [5, 5.41) is 2.01. The largest absolute Gasteiger partial charge is 0.469 e. The van der Waals surface area contributed by atoms with Crippen LogP contribution in [0.25, 0.3) is 0 Å². The van der Waals surface area contributed by atoms with E-state index in [1.54, 1.807) is 23.1 Å². The fraction of sp³-hybridized carbons (Fsp3) is 0.286. The van der Waals surface area contributed by atoms with Gasteiger partial charge in [-0.05, 0) is 12.5 Å². The number of hydrogen-bond donors (Lipinski definition) is 0.